The van der Waals surface area contributed by atoms with Crippen molar-refractivity contribution in [1.82, 2.24) is 10.6 Å². The average molecular weight is 230 g/mol. The smallest absolute Gasteiger partial charge is 0.305 e. The van der Waals surface area contributed by atoms with E-state index in [4.69, 9.17) is 5.11 Å². The first-order chi connectivity index (χ1) is 7.30. The van der Waals surface area contributed by atoms with Gasteiger partial charge in [0.15, 0.2) is 0 Å². The van der Waals surface area contributed by atoms with Gasteiger partial charge in [0.25, 0.3) is 0 Å². The van der Waals surface area contributed by atoms with Crippen LogP contribution in [-0.2, 0) is 9.59 Å². The van der Waals surface area contributed by atoms with E-state index in [1.165, 1.54) is 0 Å². The summed E-state index contributed by atoms with van der Waals surface area (Å²) < 4.78 is 0. The van der Waals surface area contributed by atoms with Gasteiger partial charge in [-0.3, -0.25) is 9.59 Å². The lowest BCUT2D eigenvalue weighted by atomic mass is 10.00. The minimum Gasteiger partial charge on any atom is -0.481 e. The topological polar surface area (TPSA) is 98.7 Å². The maximum atomic E-state index is 11.7. The summed E-state index contributed by atoms with van der Waals surface area (Å²) in [6, 6.07) is -0.428. The Morgan fingerprint density at radius 1 is 1.50 bits per heavy atom. The molecule has 0 aromatic carbocycles. The molecule has 1 amide bonds. The molecule has 0 aromatic heterocycles. The zero-order valence-corrected chi connectivity index (χ0v) is 9.49. The van der Waals surface area contributed by atoms with Gasteiger partial charge in [0.1, 0.15) is 0 Å². The molecule has 16 heavy (non-hydrogen) atoms. The minimum absolute atomic E-state index is 0.131. The van der Waals surface area contributed by atoms with Gasteiger partial charge in [0.2, 0.25) is 5.91 Å². The van der Waals surface area contributed by atoms with E-state index in [1.54, 1.807) is 13.8 Å². The predicted molar refractivity (Wildman–Crippen MR) is 56.9 cm³/mol. The molecule has 1 aliphatic heterocycles. The van der Waals surface area contributed by atoms with Gasteiger partial charge in [-0.15, -0.1) is 0 Å². The van der Waals surface area contributed by atoms with Crippen LogP contribution in [0, 0.1) is 0 Å². The Labute approximate surface area is 94.0 Å². The maximum absolute atomic E-state index is 11.7. The highest BCUT2D eigenvalue weighted by molar-refractivity contribution is 5.83. The summed E-state index contributed by atoms with van der Waals surface area (Å²) in [5.74, 6) is -1.22. The summed E-state index contributed by atoms with van der Waals surface area (Å²) in [6.45, 7) is 3.71. The summed E-state index contributed by atoms with van der Waals surface area (Å²) in [4.78, 5) is 22.3. The number of amides is 1. The van der Waals surface area contributed by atoms with Crippen LogP contribution in [0.15, 0.2) is 0 Å². The number of rotatable bonds is 4. The Hall–Kier alpha value is -1.14. The third-order valence-electron chi connectivity index (χ3n) is 2.48. The van der Waals surface area contributed by atoms with Crippen molar-refractivity contribution in [3.8, 4) is 0 Å². The van der Waals surface area contributed by atoms with E-state index in [2.05, 4.69) is 10.6 Å². The van der Waals surface area contributed by atoms with E-state index < -0.39 is 23.7 Å². The molecule has 1 aliphatic rings. The Balaban J connectivity index is 2.47. The van der Waals surface area contributed by atoms with Gasteiger partial charge >= 0.3 is 5.97 Å². The van der Waals surface area contributed by atoms with Gasteiger partial charge in [0, 0.05) is 12.1 Å². The normalized spacial score (nSPS) is 25.4. The summed E-state index contributed by atoms with van der Waals surface area (Å²) in [5, 5.41) is 23.4. The molecule has 1 saturated heterocycles. The van der Waals surface area contributed by atoms with Crippen molar-refractivity contribution in [3.05, 3.63) is 0 Å². The molecular weight excluding hydrogens is 212 g/mol. The number of aliphatic hydroxyl groups excluding tert-OH is 1. The third-order valence-corrected chi connectivity index (χ3v) is 2.48. The zero-order valence-electron chi connectivity index (χ0n) is 9.49. The second-order valence-corrected chi connectivity index (χ2v) is 4.79. The van der Waals surface area contributed by atoms with Crippen LogP contribution < -0.4 is 10.6 Å². The quantitative estimate of drug-likeness (QED) is 0.500. The molecule has 6 heteroatoms. The lowest BCUT2D eigenvalue weighted by molar-refractivity contribution is -0.138. The summed E-state index contributed by atoms with van der Waals surface area (Å²) in [5.41, 5.74) is -0.780. The number of carboxylic acids is 1. The molecule has 1 fully saturated rings. The van der Waals surface area contributed by atoms with Crippen molar-refractivity contribution in [2.75, 3.05) is 6.54 Å². The molecule has 4 N–H and O–H groups in total. The summed E-state index contributed by atoms with van der Waals surface area (Å²) in [7, 11) is 0. The first kappa shape index (κ1) is 12.9. The molecule has 0 spiro atoms. The van der Waals surface area contributed by atoms with Crippen LogP contribution in [0.25, 0.3) is 0 Å². The standard InChI is InChI=1S/C10H18N2O4/c1-10(2,4-8(14)15)12-9(16)7-3-6(13)5-11-7/h6-7,11,13H,3-5H2,1-2H3,(H,12,16)(H,14,15). The number of hydrogen-bond donors (Lipinski definition) is 4. The largest absolute Gasteiger partial charge is 0.481 e. The fraction of sp³-hybridized carbons (Fsp3) is 0.800. The van der Waals surface area contributed by atoms with Crippen molar-refractivity contribution >= 4 is 11.9 Å². The van der Waals surface area contributed by atoms with Gasteiger partial charge in [-0.2, -0.15) is 0 Å². The first-order valence-electron chi connectivity index (χ1n) is 5.25. The zero-order chi connectivity index (χ0) is 12.3. The Bertz CT molecular complexity index is 291. The SMILES string of the molecule is CC(C)(CC(=O)O)NC(=O)C1CC(O)CN1. The molecule has 2 unspecified atom stereocenters. The predicted octanol–water partition coefficient (Wildman–Crippen LogP) is -0.921. The van der Waals surface area contributed by atoms with Gasteiger partial charge in [-0.05, 0) is 20.3 Å². The van der Waals surface area contributed by atoms with Gasteiger partial charge in [-0.1, -0.05) is 0 Å². The monoisotopic (exact) mass is 230 g/mol. The molecule has 1 heterocycles. The second-order valence-electron chi connectivity index (χ2n) is 4.79. The van der Waals surface area contributed by atoms with Gasteiger partial charge < -0.3 is 20.8 Å². The van der Waals surface area contributed by atoms with Crippen molar-refractivity contribution < 1.29 is 19.8 Å². The van der Waals surface area contributed by atoms with Crippen molar-refractivity contribution in [1.29, 1.82) is 0 Å². The average Bonchev–Trinajstić information content (AvgIpc) is 2.47. The van der Waals surface area contributed by atoms with Crippen LogP contribution in [0.4, 0.5) is 0 Å². The molecule has 92 valence electrons. The molecule has 0 bridgehead atoms. The molecule has 2 atom stereocenters. The number of nitrogens with one attached hydrogen (secondary N) is 2. The Kier molecular flexibility index (Phi) is 3.88. The summed E-state index contributed by atoms with van der Waals surface area (Å²) >= 11 is 0. The lowest BCUT2D eigenvalue weighted by Gasteiger charge is -2.26. The molecule has 6 nitrogen and oxygen atoms in total. The fourth-order valence-electron chi connectivity index (χ4n) is 1.76. The van der Waals surface area contributed by atoms with Crippen LogP contribution in [0.2, 0.25) is 0 Å². The molecule has 0 saturated carbocycles. The molecule has 0 aromatic rings. The number of aliphatic carboxylic acids is 1. The minimum atomic E-state index is -0.954. The van der Waals surface area contributed by atoms with Crippen molar-refractivity contribution in [2.45, 2.75) is 44.4 Å². The highest BCUT2D eigenvalue weighted by Gasteiger charge is 2.32. The van der Waals surface area contributed by atoms with Crippen molar-refractivity contribution in [3.63, 3.8) is 0 Å². The van der Waals surface area contributed by atoms with Crippen LogP contribution in [0.5, 0.6) is 0 Å². The van der Waals surface area contributed by atoms with Crippen molar-refractivity contribution in [2.24, 2.45) is 0 Å². The maximum Gasteiger partial charge on any atom is 0.305 e. The van der Waals surface area contributed by atoms with E-state index in [0.29, 0.717) is 13.0 Å². The Morgan fingerprint density at radius 3 is 2.56 bits per heavy atom. The number of β-amino-alcohol motifs (C(OH)–C–C–N with tert-alkyl or cyclic N) is 1. The second kappa shape index (κ2) is 4.80. The van der Waals surface area contributed by atoms with Gasteiger partial charge in [0.05, 0.1) is 18.6 Å². The van der Waals surface area contributed by atoms with Crippen LogP contribution in [0.1, 0.15) is 26.7 Å². The van der Waals surface area contributed by atoms with E-state index in [9.17, 15) is 14.7 Å². The van der Waals surface area contributed by atoms with Crippen LogP contribution in [0.3, 0.4) is 0 Å². The van der Waals surface area contributed by atoms with E-state index in [0.717, 1.165) is 0 Å². The Morgan fingerprint density at radius 2 is 2.12 bits per heavy atom. The number of carbonyl (C=O) groups excluding carboxylic acids is 1. The lowest BCUT2D eigenvalue weighted by Crippen LogP contribution is -2.51. The van der Waals surface area contributed by atoms with E-state index in [-0.39, 0.29) is 12.3 Å². The fourth-order valence-corrected chi connectivity index (χ4v) is 1.76. The number of carboxylic acid groups (broad SMARTS) is 1. The van der Waals surface area contributed by atoms with Gasteiger partial charge in [-0.25, -0.2) is 0 Å². The molecule has 0 aliphatic carbocycles. The number of aliphatic hydroxyl groups is 1. The van der Waals surface area contributed by atoms with Crippen LogP contribution >= 0.6 is 0 Å². The molecule has 0 radical (unpaired) electrons. The number of hydrogen-bond acceptors (Lipinski definition) is 4. The first-order valence-corrected chi connectivity index (χ1v) is 5.25. The van der Waals surface area contributed by atoms with E-state index >= 15 is 0 Å². The van der Waals surface area contributed by atoms with E-state index in [1.807, 2.05) is 0 Å². The molecular formula is C10H18N2O4. The number of carbonyl (C=O) groups is 2. The highest BCUT2D eigenvalue weighted by atomic mass is 16.4. The van der Waals surface area contributed by atoms with Crippen LogP contribution in [-0.4, -0.2) is 46.3 Å². The highest BCUT2D eigenvalue weighted by Crippen LogP contribution is 2.11. The third kappa shape index (κ3) is 3.79. The molecule has 1 rings (SSSR count). The summed E-state index contributed by atoms with van der Waals surface area (Å²) in [6.07, 6.45) is -0.262.